The van der Waals surface area contributed by atoms with Crippen LogP contribution in [0.25, 0.3) is 0 Å². The SMILES string of the molecule is C1=CC(C2=CCCCC2)C2=C1CC1CCCCC21. The minimum absolute atomic E-state index is 0.730. The van der Waals surface area contributed by atoms with Gasteiger partial charge < -0.3 is 0 Å². The van der Waals surface area contributed by atoms with Crippen molar-refractivity contribution in [1.29, 1.82) is 0 Å². The molecular formula is C18H24. The van der Waals surface area contributed by atoms with Crippen LogP contribution in [-0.4, -0.2) is 0 Å². The minimum atomic E-state index is 0.730. The summed E-state index contributed by atoms with van der Waals surface area (Å²) in [6.45, 7) is 0. The Morgan fingerprint density at radius 1 is 1.00 bits per heavy atom. The lowest BCUT2D eigenvalue weighted by atomic mass is 9.73. The standard InChI is InChI=1S/C18H24/c1-2-6-13(7-3-1)17-11-10-15-12-14-8-4-5-9-16(14)18(15)17/h6,10-11,14,16-17H,1-5,7-9,12H2. The minimum Gasteiger partial charge on any atom is -0.0844 e. The second-order valence-electron chi connectivity index (χ2n) is 6.70. The third-order valence-electron chi connectivity index (χ3n) is 5.71. The van der Waals surface area contributed by atoms with Crippen LogP contribution in [0.1, 0.15) is 57.8 Å². The molecule has 0 aromatic carbocycles. The van der Waals surface area contributed by atoms with Gasteiger partial charge in [-0.3, -0.25) is 0 Å². The van der Waals surface area contributed by atoms with Crippen LogP contribution < -0.4 is 0 Å². The van der Waals surface area contributed by atoms with Gasteiger partial charge in [0, 0.05) is 5.92 Å². The van der Waals surface area contributed by atoms with Crippen LogP contribution in [0, 0.1) is 17.8 Å². The van der Waals surface area contributed by atoms with Gasteiger partial charge in [-0.05, 0) is 62.4 Å². The second kappa shape index (κ2) is 4.40. The third-order valence-corrected chi connectivity index (χ3v) is 5.71. The monoisotopic (exact) mass is 240 g/mol. The molecule has 0 heteroatoms. The van der Waals surface area contributed by atoms with Gasteiger partial charge in [0.1, 0.15) is 0 Å². The molecule has 3 atom stereocenters. The molecule has 0 aromatic rings. The zero-order valence-electron chi connectivity index (χ0n) is 11.3. The van der Waals surface area contributed by atoms with Crippen LogP contribution in [-0.2, 0) is 0 Å². The van der Waals surface area contributed by atoms with Crippen molar-refractivity contribution in [2.24, 2.45) is 17.8 Å². The van der Waals surface area contributed by atoms with Crippen molar-refractivity contribution < 1.29 is 0 Å². The molecule has 0 aliphatic heterocycles. The summed E-state index contributed by atoms with van der Waals surface area (Å²) >= 11 is 0. The first-order valence-electron chi connectivity index (χ1n) is 8.03. The fraction of sp³-hybridized carbons (Fsp3) is 0.667. The van der Waals surface area contributed by atoms with E-state index in [1.54, 1.807) is 11.1 Å². The molecule has 0 nitrogen and oxygen atoms in total. The van der Waals surface area contributed by atoms with E-state index < -0.39 is 0 Å². The molecular weight excluding hydrogens is 216 g/mol. The topological polar surface area (TPSA) is 0 Å². The molecule has 0 aromatic heterocycles. The summed E-state index contributed by atoms with van der Waals surface area (Å²) in [6.07, 6.45) is 20.4. The van der Waals surface area contributed by atoms with E-state index in [9.17, 15) is 0 Å². The van der Waals surface area contributed by atoms with Crippen LogP contribution in [0.15, 0.2) is 34.9 Å². The Morgan fingerprint density at radius 2 is 1.94 bits per heavy atom. The van der Waals surface area contributed by atoms with Gasteiger partial charge in [-0.15, -0.1) is 0 Å². The van der Waals surface area contributed by atoms with E-state index in [0.717, 1.165) is 17.8 Å². The van der Waals surface area contributed by atoms with Gasteiger partial charge in [0.05, 0.1) is 0 Å². The lowest BCUT2D eigenvalue weighted by molar-refractivity contribution is 0.285. The summed E-state index contributed by atoms with van der Waals surface area (Å²) in [5.74, 6) is 2.70. The van der Waals surface area contributed by atoms with Gasteiger partial charge in [0.2, 0.25) is 0 Å². The Balaban J connectivity index is 1.63. The van der Waals surface area contributed by atoms with Crippen LogP contribution in [0.2, 0.25) is 0 Å². The second-order valence-corrected chi connectivity index (χ2v) is 6.70. The fourth-order valence-electron chi connectivity index (χ4n) is 4.88. The van der Waals surface area contributed by atoms with Crippen LogP contribution in [0.3, 0.4) is 0 Å². The van der Waals surface area contributed by atoms with Crippen LogP contribution in [0.4, 0.5) is 0 Å². The first-order valence-corrected chi connectivity index (χ1v) is 8.03. The van der Waals surface area contributed by atoms with E-state index in [1.165, 1.54) is 57.8 Å². The van der Waals surface area contributed by atoms with E-state index in [0.29, 0.717) is 0 Å². The number of hydrogen-bond donors (Lipinski definition) is 0. The molecule has 0 bridgehead atoms. The molecule has 0 radical (unpaired) electrons. The molecule has 3 unspecified atom stereocenters. The van der Waals surface area contributed by atoms with E-state index in [-0.39, 0.29) is 0 Å². The molecule has 4 rings (SSSR count). The van der Waals surface area contributed by atoms with Gasteiger partial charge in [-0.1, -0.05) is 42.2 Å². The van der Waals surface area contributed by atoms with E-state index >= 15 is 0 Å². The molecule has 4 aliphatic rings. The highest BCUT2D eigenvalue weighted by Gasteiger charge is 2.40. The molecule has 0 amide bonds. The third kappa shape index (κ3) is 1.65. The predicted octanol–water partition coefficient (Wildman–Crippen LogP) is 5.18. The zero-order valence-corrected chi connectivity index (χ0v) is 11.3. The Hall–Kier alpha value is -0.780. The summed E-state index contributed by atoms with van der Waals surface area (Å²) < 4.78 is 0. The average Bonchev–Trinajstić information content (AvgIpc) is 2.98. The summed E-state index contributed by atoms with van der Waals surface area (Å²) in [5, 5.41) is 0. The van der Waals surface area contributed by atoms with Gasteiger partial charge >= 0.3 is 0 Å². The van der Waals surface area contributed by atoms with Gasteiger partial charge in [-0.2, -0.15) is 0 Å². The molecule has 96 valence electrons. The van der Waals surface area contributed by atoms with Crippen molar-refractivity contribution in [3.8, 4) is 0 Å². The zero-order chi connectivity index (χ0) is 11.9. The maximum absolute atomic E-state index is 2.56. The molecule has 0 N–H and O–H groups in total. The van der Waals surface area contributed by atoms with Crippen molar-refractivity contribution in [2.45, 2.75) is 57.8 Å². The Kier molecular flexibility index (Phi) is 2.71. The highest BCUT2D eigenvalue weighted by Crippen LogP contribution is 2.53. The number of allylic oxidation sites excluding steroid dienone is 6. The van der Waals surface area contributed by atoms with E-state index in [4.69, 9.17) is 0 Å². The fourth-order valence-corrected chi connectivity index (χ4v) is 4.88. The van der Waals surface area contributed by atoms with Crippen molar-refractivity contribution in [3.63, 3.8) is 0 Å². The molecule has 0 spiro atoms. The molecule has 0 heterocycles. The van der Waals surface area contributed by atoms with Gasteiger partial charge in [0.25, 0.3) is 0 Å². The average molecular weight is 240 g/mol. The number of hydrogen-bond acceptors (Lipinski definition) is 0. The smallest absolute Gasteiger partial charge is 0.0198 e. The summed E-state index contributed by atoms with van der Waals surface area (Å²) in [4.78, 5) is 0. The lowest BCUT2D eigenvalue weighted by Crippen LogP contribution is -2.20. The Morgan fingerprint density at radius 3 is 2.83 bits per heavy atom. The molecule has 4 aliphatic carbocycles. The first kappa shape index (κ1) is 11.1. The van der Waals surface area contributed by atoms with Gasteiger partial charge in [0.15, 0.2) is 0 Å². The molecule has 1 fully saturated rings. The normalized spacial score (nSPS) is 38.7. The van der Waals surface area contributed by atoms with Crippen molar-refractivity contribution >= 4 is 0 Å². The maximum Gasteiger partial charge on any atom is 0.0198 e. The number of rotatable bonds is 1. The van der Waals surface area contributed by atoms with E-state index in [2.05, 4.69) is 18.2 Å². The summed E-state index contributed by atoms with van der Waals surface area (Å²) in [6, 6.07) is 0. The first-order chi connectivity index (χ1) is 8.93. The molecule has 1 saturated carbocycles. The Bertz CT molecular complexity index is 435. The van der Waals surface area contributed by atoms with Crippen molar-refractivity contribution in [3.05, 3.63) is 34.9 Å². The molecule has 18 heavy (non-hydrogen) atoms. The highest BCUT2D eigenvalue weighted by atomic mass is 14.4. The quantitative estimate of drug-likeness (QED) is 0.554. The van der Waals surface area contributed by atoms with Gasteiger partial charge in [-0.25, -0.2) is 0 Å². The van der Waals surface area contributed by atoms with E-state index in [1.807, 2.05) is 5.57 Å². The lowest BCUT2D eigenvalue weighted by Gasteiger charge is -2.31. The Labute approximate surface area is 111 Å². The predicted molar refractivity (Wildman–Crippen MR) is 76.3 cm³/mol. The van der Waals surface area contributed by atoms with Crippen molar-refractivity contribution in [2.75, 3.05) is 0 Å². The highest BCUT2D eigenvalue weighted by molar-refractivity contribution is 5.47. The van der Waals surface area contributed by atoms with Crippen LogP contribution in [0.5, 0.6) is 0 Å². The largest absolute Gasteiger partial charge is 0.0844 e. The van der Waals surface area contributed by atoms with Crippen LogP contribution >= 0.6 is 0 Å². The summed E-state index contributed by atoms with van der Waals surface area (Å²) in [5.41, 5.74) is 5.37. The summed E-state index contributed by atoms with van der Waals surface area (Å²) in [7, 11) is 0. The maximum atomic E-state index is 2.56. The molecule has 0 saturated heterocycles. The number of fused-ring (bicyclic) bond motifs is 2. The van der Waals surface area contributed by atoms with Crippen molar-refractivity contribution in [1.82, 2.24) is 0 Å².